The summed E-state index contributed by atoms with van der Waals surface area (Å²) in [6, 6.07) is 10.5. The summed E-state index contributed by atoms with van der Waals surface area (Å²) in [4.78, 5) is 4.93. The van der Waals surface area contributed by atoms with Crippen molar-refractivity contribution in [1.82, 2.24) is 9.80 Å². The Labute approximate surface area is 105 Å². The number of hydrogen-bond acceptors (Lipinski definition) is 2. The van der Waals surface area contributed by atoms with Crippen LogP contribution in [0.25, 0.3) is 5.57 Å². The highest BCUT2D eigenvalue weighted by molar-refractivity contribution is 5.63. The van der Waals surface area contributed by atoms with Gasteiger partial charge in [0.25, 0.3) is 0 Å². The molecule has 92 valence electrons. The second kappa shape index (κ2) is 5.99. The standard InChI is InChI=1S/C15H22N2/c1-14(15-6-4-3-5-7-15)8-9-17-12-10-16(2)11-13-17/h3-7H,1,8-13H2,2H3. The fourth-order valence-corrected chi connectivity index (χ4v) is 2.18. The van der Waals surface area contributed by atoms with Gasteiger partial charge in [-0.2, -0.15) is 0 Å². The van der Waals surface area contributed by atoms with Gasteiger partial charge in [-0.05, 0) is 24.6 Å². The highest BCUT2D eigenvalue weighted by atomic mass is 15.2. The second-order valence-electron chi connectivity index (χ2n) is 4.86. The number of likely N-dealkylation sites (N-methyl/N-ethyl adjacent to an activating group) is 1. The van der Waals surface area contributed by atoms with Crippen molar-refractivity contribution in [2.45, 2.75) is 6.42 Å². The van der Waals surface area contributed by atoms with E-state index in [1.807, 2.05) is 0 Å². The van der Waals surface area contributed by atoms with Crippen molar-refractivity contribution >= 4 is 5.57 Å². The molecule has 0 N–H and O–H groups in total. The molecule has 0 amide bonds. The van der Waals surface area contributed by atoms with E-state index in [1.54, 1.807) is 0 Å². The number of rotatable bonds is 4. The van der Waals surface area contributed by atoms with Crippen LogP contribution in [0.5, 0.6) is 0 Å². The van der Waals surface area contributed by atoms with Crippen LogP contribution in [0.4, 0.5) is 0 Å². The van der Waals surface area contributed by atoms with Crippen molar-refractivity contribution in [3.8, 4) is 0 Å². The quantitative estimate of drug-likeness (QED) is 0.783. The van der Waals surface area contributed by atoms with Crippen LogP contribution in [0.1, 0.15) is 12.0 Å². The minimum atomic E-state index is 1.08. The molecule has 1 heterocycles. The molecule has 2 heteroatoms. The summed E-state index contributed by atoms with van der Waals surface area (Å²) < 4.78 is 0. The van der Waals surface area contributed by atoms with Gasteiger partial charge in [0.05, 0.1) is 0 Å². The molecular weight excluding hydrogens is 208 g/mol. The van der Waals surface area contributed by atoms with Crippen molar-refractivity contribution in [2.75, 3.05) is 39.8 Å². The van der Waals surface area contributed by atoms with Gasteiger partial charge in [-0.3, -0.25) is 0 Å². The largest absolute Gasteiger partial charge is 0.304 e. The number of nitrogens with zero attached hydrogens (tertiary/aromatic N) is 2. The molecule has 1 aromatic rings. The fraction of sp³-hybridized carbons (Fsp3) is 0.467. The van der Waals surface area contributed by atoms with E-state index in [1.165, 1.54) is 37.3 Å². The molecule has 17 heavy (non-hydrogen) atoms. The zero-order valence-electron chi connectivity index (χ0n) is 10.7. The van der Waals surface area contributed by atoms with E-state index >= 15 is 0 Å². The lowest BCUT2D eigenvalue weighted by Crippen LogP contribution is -2.44. The Kier molecular flexibility index (Phi) is 4.35. The van der Waals surface area contributed by atoms with E-state index in [-0.39, 0.29) is 0 Å². The van der Waals surface area contributed by atoms with E-state index in [9.17, 15) is 0 Å². The average molecular weight is 230 g/mol. The molecule has 0 aromatic heterocycles. The third-order valence-electron chi connectivity index (χ3n) is 3.51. The third kappa shape index (κ3) is 3.69. The maximum atomic E-state index is 4.19. The Morgan fingerprint density at radius 1 is 1.12 bits per heavy atom. The van der Waals surface area contributed by atoms with Crippen LogP contribution in [0.3, 0.4) is 0 Å². The first-order valence-electron chi connectivity index (χ1n) is 6.40. The zero-order valence-corrected chi connectivity index (χ0v) is 10.7. The van der Waals surface area contributed by atoms with Gasteiger partial charge in [0.1, 0.15) is 0 Å². The van der Waals surface area contributed by atoms with E-state index < -0.39 is 0 Å². The lowest BCUT2D eigenvalue weighted by Gasteiger charge is -2.32. The van der Waals surface area contributed by atoms with Crippen LogP contribution in [-0.2, 0) is 0 Å². The number of benzene rings is 1. The first kappa shape index (κ1) is 12.3. The van der Waals surface area contributed by atoms with Gasteiger partial charge in [0.2, 0.25) is 0 Å². The molecule has 0 saturated carbocycles. The van der Waals surface area contributed by atoms with Crippen molar-refractivity contribution in [1.29, 1.82) is 0 Å². The first-order chi connectivity index (χ1) is 8.25. The summed E-state index contributed by atoms with van der Waals surface area (Å²) in [7, 11) is 2.19. The Balaban J connectivity index is 1.77. The van der Waals surface area contributed by atoms with Crippen molar-refractivity contribution in [3.05, 3.63) is 42.5 Å². The molecular formula is C15H22N2. The smallest absolute Gasteiger partial charge is 0.0110 e. The van der Waals surface area contributed by atoms with Gasteiger partial charge >= 0.3 is 0 Å². The lowest BCUT2D eigenvalue weighted by atomic mass is 10.0. The maximum absolute atomic E-state index is 4.19. The Morgan fingerprint density at radius 3 is 2.41 bits per heavy atom. The van der Waals surface area contributed by atoms with Crippen molar-refractivity contribution in [2.24, 2.45) is 0 Å². The van der Waals surface area contributed by atoms with E-state index in [0.717, 1.165) is 13.0 Å². The summed E-state index contributed by atoms with van der Waals surface area (Å²) >= 11 is 0. The molecule has 1 aliphatic heterocycles. The molecule has 1 aromatic carbocycles. The van der Waals surface area contributed by atoms with Crippen LogP contribution in [0.2, 0.25) is 0 Å². The van der Waals surface area contributed by atoms with Crippen LogP contribution in [-0.4, -0.2) is 49.6 Å². The third-order valence-corrected chi connectivity index (χ3v) is 3.51. The van der Waals surface area contributed by atoms with Crippen LogP contribution >= 0.6 is 0 Å². The predicted octanol–water partition coefficient (Wildman–Crippen LogP) is 2.34. The highest BCUT2D eigenvalue weighted by Crippen LogP contribution is 2.16. The van der Waals surface area contributed by atoms with Gasteiger partial charge < -0.3 is 9.80 Å². The monoisotopic (exact) mass is 230 g/mol. The molecule has 0 spiro atoms. The summed E-state index contributed by atoms with van der Waals surface area (Å²) in [5.74, 6) is 0. The minimum Gasteiger partial charge on any atom is -0.304 e. The Hall–Kier alpha value is -1.12. The molecule has 0 aliphatic carbocycles. The van der Waals surface area contributed by atoms with Crippen molar-refractivity contribution in [3.63, 3.8) is 0 Å². The molecule has 1 saturated heterocycles. The molecule has 0 atom stereocenters. The van der Waals surface area contributed by atoms with Gasteiger partial charge in [-0.1, -0.05) is 36.9 Å². The topological polar surface area (TPSA) is 6.48 Å². The van der Waals surface area contributed by atoms with Crippen LogP contribution in [0.15, 0.2) is 36.9 Å². The molecule has 2 nitrogen and oxygen atoms in total. The molecule has 0 bridgehead atoms. The first-order valence-corrected chi connectivity index (χ1v) is 6.40. The average Bonchev–Trinajstić information content (AvgIpc) is 2.39. The summed E-state index contributed by atoms with van der Waals surface area (Å²) in [6.07, 6.45) is 1.08. The van der Waals surface area contributed by atoms with Crippen LogP contribution in [0, 0.1) is 0 Å². The number of hydrogen-bond donors (Lipinski definition) is 0. The molecule has 1 fully saturated rings. The van der Waals surface area contributed by atoms with E-state index in [2.05, 4.69) is 53.8 Å². The minimum absolute atomic E-state index is 1.08. The van der Waals surface area contributed by atoms with E-state index in [4.69, 9.17) is 0 Å². The highest BCUT2D eigenvalue weighted by Gasteiger charge is 2.13. The Morgan fingerprint density at radius 2 is 1.76 bits per heavy atom. The normalized spacial score (nSPS) is 18.2. The van der Waals surface area contributed by atoms with Gasteiger partial charge in [-0.25, -0.2) is 0 Å². The lowest BCUT2D eigenvalue weighted by molar-refractivity contribution is 0.157. The summed E-state index contributed by atoms with van der Waals surface area (Å²) in [5, 5.41) is 0. The van der Waals surface area contributed by atoms with Gasteiger partial charge in [0, 0.05) is 32.7 Å². The van der Waals surface area contributed by atoms with Gasteiger partial charge in [-0.15, -0.1) is 0 Å². The predicted molar refractivity (Wildman–Crippen MR) is 74.0 cm³/mol. The second-order valence-corrected chi connectivity index (χ2v) is 4.86. The SMILES string of the molecule is C=C(CCN1CCN(C)CC1)c1ccccc1. The van der Waals surface area contributed by atoms with E-state index in [0.29, 0.717) is 0 Å². The van der Waals surface area contributed by atoms with Gasteiger partial charge in [0.15, 0.2) is 0 Å². The fourth-order valence-electron chi connectivity index (χ4n) is 2.18. The Bertz CT molecular complexity index is 350. The summed E-state index contributed by atoms with van der Waals surface area (Å²) in [6.45, 7) is 10.1. The number of piperazine rings is 1. The molecule has 2 rings (SSSR count). The molecule has 1 aliphatic rings. The van der Waals surface area contributed by atoms with Crippen molar-refractivity contribution < 1.29 is 0 Å². The summed E-state index contributed by atoms with van der Waals surface area (Å²) in [5.41, 5.74) is 2.53. The zero-order chi connectivity index (χ0) is 12.1. The molecule has 0 radical (unpaired) electrons. The molecule has 0 unspecified atom stereocenters. The maximum Gasteiger partial charge on any atom is 0.0110 e. The van der Waals surface area contributed by atoms with Crippen LogP contribution < -0.4 is 0 Å².